The van der Waals surface area contributed by atoms with Gasteiger partial charge in [0.2, 0.25) is 0 Å². The van der Waals surface area contributed by atoms with Gasteiger partial charge in [-0.05, 0) is 56.5 Å². The molecule has 3 rings (SSSR count). The number of hydrogen-bond donors (Lipinski definition) is 0. The molecular formula is C25H26O4S. The number of ether oxygens (including phenoxy) is 1. The molecule has 0 aromatic heterocycles. The van der Waals surface area contributed by atoms with Gasteiger partial charge in [-0.15, -0.1) is 0 Å². The van der Waals surface area contributed by atoms with Crippen LogP contribution in [0, 0.1) is 0 Å². The number of hydrogen-bond acceptors (Lipinski definition) is 4. The summed E-state index contributed by atoms with van der Waals surface area (Å²) in [6.45, 7) is 3.33. The average molecular weight is 423 g/mol. The van der Waals surface area contributed by atoms with Crippen LogP contribution in [-0.2, 0) is 21.0 Å². The van der Waals surface area contributed by atoms with Crippen LogP contribution in [0.3, 0.4) is 0 Å². The fourth-order valence-corrected chi connectivity index (χ4v) is 5.13. The van der Waals surface area contributed by atoms with Gasteiger partial charge in [-0.3, -0.25) is 0 Å². The lowest BCUT2D eigenvalue weighted by molar-refractivity contribution is -0.0134. The van der Waals surface area contributed by atoms with Crippen molar-refractivity contribution in [2.24, 2.45) is 0 Å². The second-order valence-electron chi connectivity index (χ2n) is 7.55. The molecule has 0 aliphatic carbocycles. The van der Waals surface area contributed by atoms with Gasteiger partial charge in [0.25, 0.3) is 0 Å². The molecule has 4 nitrogen and oxygen atoms in total. The summed E-state index contributed by atoms with van der Waals surface area (Å²) in [6, 6.07) is 26.7. The second-order valence-corrected chi connectivity index (χ2v) is 9.82. The van der Waals surface area contributed by atoms with Crippen LogP contribution in [0.15, 0.2) is 95.9 Å². The van der Waals surface area contributed by atoms with E-state index in [0.29, 0.717) is 18.4 Å². The minimum Gasteiger partial charge on any atom is -0.454 e. The van der Waals surface area contributed by atoms with E-state index in [9.17, 15) is 13.2 Å². The molecule has 156 valence electrons. The van der Waals surface area contributed by atoms with Crippen molar-refractivity contribution in [2.75, 3.05) is 0 Å². The highest BCUT2D eigenvalue weighted by atomic mass is 32.2. The molecule has 5 heteroatoms. The molecule has 0 spiro atoms. The predicted octanol–water partition coefficient (Wildman–Crippen LogP) is 5.10. The first-order valence-electron chi connectivity index (χ1n) is 9.94. The summed E-state index contributed by atoms with van der Waals surface area (Å²) in [6.07, 6.45) is 0.969. The molecule has 0 amide bonds. The van der Waals surface area contributed by atoms with Crippen LogP contribution < -0.4 is 0 Å². The van der Waals surface area contributed by atoms with Crippen LogP contribution in [0.1, 0.15) is 36.2 Å². The predicted molar refractivity (Wildman–Crippen MR) is 118 cm³/mol. The molecule has 0 fully saturated rings. The van der Waals surface area contributed by atoms with Crippen LogP contribution in [-0.4, -0.2) is 25.2 Å². The topological polar surface area (TPSA) is 60.4 Å². The summed E-state index contributed by atoms with van der Waals surface area (Å²) in [5.74, 6) is -0.527. The highest BCUT2D eigenvalue weighted by Crippen LogP contribution is 2.32. The molecule has 30 heavy (non-hydrogen) atoms. The summed E-state index contributed by atoms with van der Waals surface area (Å²) < 4.78 is 32.5. The molecular weight excluding hydrogens is 396 g/mol. The fraction of sp³-hybridized carbons (Fsp3) is 0.240. The molecule has 0 heterocycles. The minimum atomic E-state index is -3.71. The monoisotopic (exact) mass is 422 g/mol. The molecule has 3 aromatic carbocycles. The summed E-state index contributed by atoms with van der Waals surface area (Å²) in [5, 5.41) is -0.927. The number of esters is 1. The van der Waals surface area contributed by atoms with E-state index >= 15 is 0 Å². The van der Waals surface area contributed by atoms with E-state index in [4.69, 9.17) is 4.74 Å². The van der Waals surface area contributed by atoms with Gasteiger partial charge in [0, 0.05) is 0 Å². The van der Waals surface area contributed by atoms with E-state index in [1.807, 2.05) is 36.4 Å². The van der Waals surface area contributed by atoms with Gasteiger partial charge in [0.1, 0.15) is 10.9 Å². The van der Waals surface area contributed by atoms with Gasteiger partial charge < -0.3 is 4.74 Å². The standard InChI is InChI=1S/C25H26O4S/c1-20(30(27,28)23-16-10-5-11-17-23)25(2,19-18-21-12-6-3-7-13-21)29-24(26)22-14-8-4-9-15-22/h3-17,20H,18-19H2,1-2H3/t20-,25-/m1/s1. The molecule has 0 N–H and O–H groups in total. The van der Waals surface area contributed by atoms with Crippen molar-refractivity contribution in [1.82, 2.24) is 0 Å². The van der Waals surface area contributed by atoms with E-state index < -0.39 is 26.7 Å². The van der Waals surface area contributed by atoms with Crippen LogP contribution in [0.25, 0.3) is 0 Å². The van der Waals surface area contributed by atoms with Crippen molar-refractivity contribution in [3.8, 4) is 0 Å². The quantitative estimate of drug-likeness (QED) is 0.474. The minimum absolute atomic E-state index is 0.221. The Kier molecular flexibility index (Phi) is 6.73. The lowest BCUT2D eigenvalue weighted by Crippen LogP contribution is -2.46. The summed E-state index contributed by atoms with van der Waals surface area (Å²) in [5.41, 5.74) is 0.244. The zero-order chi connectivity index (χ0) is 21.6. The Morgan fingerprint density at radius 1 is 0.867 bits per heavy atom. The van der Waals surface area contributed by atoms with Crippen molar-refractivity contribution >= 4 is 15.8 Å². The van der Waals surface area contributed by atoms with Crippen LogP contribution in [0.2, 0.25) is 0 Å². The number of benzene rings is 3. The number of aryl methyl sites for hydroxylation is 1. The van der Waals surface area contributed by atoms with Crippen molar-refractivity contribution < 1.29 is 17.9 Å². The molecule has 0 saturated carbocycles. The Bertz CT molecular complexity index is 1060. The van der Waals surface area contributed by atoms with E-state index in [1.165, 1.54) is 0 Å². The van der Waals surface area contributed by atoms with E-state index in [2.05, 4.69) is 0 Å². The maximum Gasteiger partial charge on any atom is 0.338 e. The molecule has 0 unspecified atom stereocenters. The van der Waals surface area contributed by atoms with Crippen molar-refractivity contribution in [3.05, 3.63) is 102 Å². The third kappa shape index (κ3) is 4.97. The average Bonchev–Trinajstić information content (AvgIpc) is 2.79. The van der Waals surface area contributed by atoms with Gasteiger partial charge in [-0.2, -0.15) is 0 Å². The van der Waals surface area contributed by atoms with Crippen LogP contribution in [0.5, 0.6) is 0 Å². The van der Waals surface area contributed by atoms with Gasteiger partial charge >= 0.3 is 5.97 Å². The number of sulfone groups is 1. The second kappa shape index (κ2) is 9.26. The number of rotatable bonds is 8. The van der Waals surface area contributed by atoms with Gasteiger partial charge in [0.15, 0.2) is 9.84 Å². The van der Waals surface area contributed by atoms with Crippen LogP contribution >= 0.6 is 0 Å². The Labute approximate surface area is 178 Å². The summed E-state index contributed by atoms with van der Waals surface area (Å²) in [7, 11) is -3.71. The maximum absolute atomic E-state index is 13.3. The van der Waals surface area contributed by atoms with Crippen molar-refractivity contribution in [2.45, 2.75) is 42.4 Å². The molecule has 0 aliphatic heterocycles. The van der Waals surface area contributed by atoms with Crippen molar-refractivity contribution in [1.29, 1.82) is 0 Å². The normalized spacial score (nSPS) is 14.5. The lowest BCUT2D eigenvalue weighted by atomic mass is 9.93. The largest absolute Gasteiger partial charge is 0.454 e. The zero-order valence-corrected chi connectivity index (χ0v) is 18.0. The summed E-state index contributed by atoms with van der Waals surface area (Å²) >= 11 is 0. The first-order valence-corrected chi connectivity index (χ1v) is 11.5. The Morgan fingerprint density at radius 3 is 1.93 bits per heavy atom. The molecule has 2 atom stereocenters. The number of carbonyl (C=O) groups excluding carboxylic acids is 1. The van der Waals surface area contributed by atoms with E-state index in [-0.39, 0.29) is 4.90 Å². The highest BCUT2D eigenvalue weighted by Gasteiger charge is 2.43. The zero-order valence-electron chi connectivity index (χ0n) is 17.2. The third-order valence-electron chi connectivity index (χ3n) is 5.49. The highest BCUT2D eigenvalue weighted by molar-refractivity contribution is 7.92. The van der Waals surface area contributed by atoms with E-state index in [1.54, 1.807) is 68.4 Å². The smallest absolute Gasteiger partial charge is 0.338 e. The Morgan fingerprint density at radius 2 is 1.37 bits per heavy atom. The van der Waals surface area contributed by atoms with Crippen LogP contribution in [0.4, 0.5) is 0 Å². The van der Waals surface area contributed by atoms with Crippen molar-refractivity contribution in [3.63, 3.8) is 0 Å². The molecule has 0 aliphatic rings. The first-order chi connectivity index (χ1) is 14.3. The van der Waals surface area contributed by atoms with E-state index in [0.717, 1.165) is 5.56 Å². The summed E-state index contributed by atoms with van der Waals surface area (Å²) in [4.78, 5) is 13.0. The molecule has 0 saturated heterocycles. The fourth-order valence-electron chi connectivity index (χ4n) is 3.36. The lowest BCUT2D eigenvalue weighted by Gasteiger charge is -2.35. The molecule has 3 aromatic rings. The van der Waals surface area contributed by atoms with Gasteiger partial charge in [-0.25, -0.2) is 13.2 Å². The first kappa shape index (κ1) is 21.8. The van der Waals surface area contributed by atoms with Gasteiger partial charge in [0.05, 0.1) is 10.5 Å². The number of carbonyl (C=O) groups is 1. The third-order valence-corrected chi connectivity index (χ3v) is 7.84. The SMILES string of the molecule is C[C@H]([C@@](C)(CCc1ccccc1)OC(=O)c1ccccc1)S(=O)(=O)c1ccccc1. The molecule has 0 radical (unpaired) electrons. The molecule has 0 bridgehead atoms. The Hall–Kier alpha value is -2.92. The Balaban J connectivity index is 1.92. The maximum atomic E-state index is 13.3. The van der Waals surface area contributed by atoms with Gasteiger partial charge in [-0.1, -0.05) is 66.7 Å².